The molecule has 0 spiro atoms. The third kappa shape index (κ3) is 5.44. The Morgan fingerprint density at radius 3 is 2.81 bits per heavy atom. The number of nitrogens with zero attached hydrogens (tertiary/aromatic N) is 2. The van der Waals surface area contributed by atoms with E-state index in [1.807, 2.05) is 13.8 Å². The molecule has 0 bridgehead atoms. The first-order valence-corrected chi connectivity index (χ1v) is 6.70. The molecule has 114 valence electrons. The van der Waals surface area contributed by atoms with Crippen LogP contribution in [0, 0.1) is 23.1 Å². The fraction of sp³-hybridized carbons (Fsp3) is 0.462. The van der Waals surface area contributed by atoms with Gasteiger partial charge in [-0.25, -0.2) is 14.2 Å². The van der Waals surface area contributed by atoms with Crippen LogP contribution in [0.15, 0.2) is 6.07 Å². The fourth-order valence-electron chi connectivity index (χ4n) is 1.81. The van der Waals surface area contributed by atoms with Gasteiger partial charge in [0.05, 0.1) is 5.56 Å². The van der Waals surface area contributed by atoms with Crippen LogP contribution in [-0.2, 0) is 0 Å². The van der Waals surface area contributed by atoms with Crippen LogP contribution in [0.4, 0.5) is 15.0 Å². The molecule has 21 heavy (non-hydrogen) atoms. The van der Waals surface area contributed by atoms with Crippen LogP contribution in [0.3, 0.4) is 0 Å². The van der Waals surface area contributed by atoms with Gasteiger partial charge in [-0.05, 0) is 18.4 Å². The Labute approximate surface area is 126 Å². The monoisotopic (exact) mass is 314 g/mol. The quantitative estimate of drug-likeness (QED) is 0.701. The van der Waals surface area contributed by atoms with Gasteiger partial charge in [-0.15, -0.1) is 0 Å². The molecule has 0 unspecified atom stereocenters. The van der Waals surface area contributed by atoms with E-state index in [-0.39, 0.29) is 35.0 Å². The molecular weight excluding hydrogens is 299 g/mol. The summed E-state index contributed by atoms with van der Waals surface area (Å²) in [5.74, 6) is -0.535. The largest absolute Gasteiger partial charge is 0.465 e. The number of carbonyl (C=O) groups is 1. The maximum absolute atomic E-state index is 13.8. The molecule has 1 heterocycles. The standard InChI is InChI=1S/C13H16ClFN4O2/c1-7(2)3-9(6-17-13(20)21)18-12-10(15)4-8(5-16)11(14)19-12/h4,7,9,17H,3,6H2,1-2H3,(H,18,19)(H,20,21)/t9-/m1/s1. The van der Waals surface area contributed by atoms with Crippen molar-refractivity contribution in [1.29, 1.82) is 5.26 Å². The summed E-state index contributed by atoms with van der Waals surface area (Å²) in [7, 11) is 0. The molecule has 0 aliphatic rings. The Balaban J connectivity index is 2.89. The van der Waals surface area contributed by atoms with Crippen molar-refractivity contribution in [3.8, 4) is 6.07 Å². The number of carboxylic acid groups (broad SMARTS) is 1. The molecule has 8 heteroatoms. The van der Waals surface area contributed by atoms with Gasteiger partial charge >= 0.3 is 6.09 Å². The highest BCUT2D eigenvalue weighted by atomic mass is 35.5. The molecule has 1 amide bonds. The van der Waals surface area contributed by atoms with Crippen LogP contribution in [0.2, 0.25) is 5.15 Å². The molecule has 1 aromatic rings. The van der Waals surface area contributed by atoms with Crippen molar-refractivity contribution in [3.05, 3.63) is 22.6 Å². The third-order valence-corrected chi connectivity index (χ3v) is 2.93. The zero-order valence-electron chi connectivity index (χ0n) is 11.7. The van der Waals surface area contributed by atoms with Crippen LogP contribution in [-0.4, -0.2) is 28.8 Å². The first-order chi connectivity index (χ1) is 9.83. The maximum atomic E-state index is 13.8. The summed E-state index contributed by atoms with van der Waals surface area (Å²) in [6, 6.07) is 2.39. The van der Waals surface area contributed by atoms with Crippen molar-refractivity contribution in [3.63, 3.8) is 0 Å². The smallest absolute Gasteiger partial charge is 0.404 e. The van der Waals surface area contributed by atoms with Crippen molar-refractivity contribution in [1.82, 2.24) is 10.3 Å². The van der Waals surface area contributed by atoms with E-state index < -0.39 is 11.9 Å². The predicted molar refractivity (Wildman–Crippen MR) is 76.8 cm³/mol. The number of anilines is 1. The maximum Gasteiger partial charge on any atom is 0.404 e. The minimum Gasteiger partial charge on any atom is -0.465 e. The number of hydrogen-bond donors (Lipinski definition) is 3. The van der Waals surface area contributed by atoms with E-state index in [0.717, 1.165) is 6.07 Å². The number of halogens is 2. The number of aromatic nitrogens is 1. The molecule has 6 nitrogen and oxygen atoms in total. The van der Waals surface area contributed by atoms with Crippen LogP contribution < -0.4 is 10.6 Å². The molecule has 0 aromatic carbocycles. The van der Waals surface area contributed by atoms with Gasteiger partial charge < -0.3 is 15.7 Å². The lowest BCUT2D eigenvalue weighted by atomic mass is 10.0. The summed E-state index contributed by atoms with van der Waals surface area (Å²) < 4.78 is 13.8. The Morgan fingerprint density at radius 1 is 1.62 bits per heavy atom. The second-order valence-electron chi connectivity index (χ2n) is 4.93. The SMILES string of the molecule is CC(C)C[C@H](CNC(=O)O)Nc1nc(Cl)c(C#N)cc1F. The van der Waals surface area contributed by atoms with Crippen molar-refractivity contribution in [2.45, 2.75) is 26.3 Å². The highest BCUT2D eigenvalue weighted by Crippen LogP contribution is 2.21. The Bertz CT molecular complexity index is 560. The average Bonchev–Trinajstić information content (AvgIpc) is 2.39. The molecular formula is C13H16ClFN4O2. The van der Waals surface area contributed by atoms with E-state index >= 15 is 0 Å². The number of pyridine rings is 1. The summed E-state index contributed by atoms with van der Waals surface area (Å²) >= 11 is 5.77. The number of amides is 1. The van der Waals surface area contributed by atoms with Crippen LogP contribution in [0.25, 0.3) is 0 Å². The molecule has 1 rings (SSSR count). The molecule has 0 radical (unpaired) electrons. The van der Waals surface area contributed by atoms with Crippen molar-refractivity contribution < 1.29 is 14.3 Å². The van der Waals surface area contributed by atoms with E-state index in [9.17, 15) is 9.18 Å². The van der Waals surface area contributed by atoms with Crippen LogP contribution in [0.1, 0.15) is 25.8 Å². The molecule has 0 aliphatic heterocycles. The Kier molecular flexibility index (Phi) is 6.18. The van der Waals surface area contributed by atoms with Crippen molar-refractivity contribution >= 4 is 23.5 Å². The first kappa shape index (κ1) is 17.0. The topological polar surface area (TPSA) is 98.0 Å². The van der Waals surface area contributed by atoms with Gasteiger partial charge in [0.1, 0.15) is 11.2 Å². The Hall–Kier alpha value is -2.07. The van der Waals surface area contributed by atoms with E-state index in [1.165, 1.54) is 0 Å². The van der Waals surface area contributed by atoms with Gasteiger partial charge in [0.15, 0.2) is 11.6 Å². The van der Waals surface area contributed by atoms with Gasteiger partial charge in [-0.1, -0.05) is 25.4 Å². The van der Waals surface area contributed by atoms with E-state index in [4.69, 9.17) is 22.0 Å². The summed E-state index contributed by atoms with van der Waals surface area (Å²) in [6.07, 6.45) is -0.546. The molecule has 1 aromatic heterocycles. The molecule has 0 saturated heterocycles. The van der Waals surface area contributed by atoms with Gasteiger partial charge in [0, 0.05) is 12.6 Å². The fourth-order valence-corrected chi connectivity index (χ4v) is 1.99. The highest BCUT2D eigenvalue weighted by molar-refractivity contribution is 6.30. The molecule has 3 N–H and O–H groups in total. The number of hydrogen-bond acceptors (Lipinski definition) is 4. The second kappa shape index (κ2) is 7.64. The Morgan fingerprint density at radius 2 is 2.29 bits per heavy atom. The lowest BCUT2D eigenvalue weighted by Crippen LogP contribution is -2.37. The zero-order chi connectivity index (χ0) is 16.0. The average molecular weight is 315 g/mol. The molecule has 0 aliphatic carbocycles. The van der Waals surface area contributed by atoms with E-state index in [1.54, 1.807) is 6.07 Å². The summed E-state index contributed by atoms with van der Waals surface area (Å²) in [6.45, 7) is 4.03. The lowest BCUT2D eigenvalue weighted by Gasteiger charge is -2.21. The van der Waals surface area contributed by atoms with E-state index in [0.29, 0.717) is 6.42 Å². The van der Waals surface area contributed by atoms with Gasteiger partial charge in [0.25, 0.3) is 0 Å². The van der Waals surface area contributed by atoms with Crippen LogP contribution >= 0.6 is 11.6 Å². The molecule has 0 saturated carbocycles. The summed E-state index contributed by atoms with van der Waals surface area (Å²) in [5.41, 5.74) is -0.0520. The van der Waals surface area contributed by atoms with Crippen molar-refractivity contribution in [2.24, 2.45) is 5.92 Å². The summed E-state index contributed by atoms with van der Waals surface area (Å²) in [5, 5.41) is 22.4. The van der Waals surface area contributed by atoms with Gasteiger partial charge in [-0.2, -0.15) is 5.26 Å². The van der Waals surface area contributed by atoms with Crippen molar-refractivity contribution in [2.75, 3.05) is 11.9 Å². The number of nitrogens with one attached hydrogen (secondary N) is 2. The minimum absolute atomic E-state index is 0.0520. The molecule has 0 fully saturated rings. The molecule has 1 atom stereocenters. The number of nitriles is 1. The van der Waals surface area contributed by atoms with E-state index in [2.05, 4.69) is 15.6 Å². The third-order valence-electron chi connectivity index (χ3n) is 2.65. The highest BCUT2D eigenvalue weighted by Gasteiger charge is 2.17. The van der Waals surface area contributed by atoms with Crippen LogP contribution in [0.5, 0.6) is 0 Å². The minimum atomic E-state index is -1.16. The second-order valence-corrected chi connectivity index (χ2v) is 5.28. The lowest BCUT2D eigenvalue weighted by molar-refractivity contribution is 0.193. The van der Waals surface area contributed by atoms with Gasteiger partial charge in [0.2, 0.25) is 0 Å². The normalized spacial score (nSPS) is 11.8. The first-order valence-electron chi connectivity index (χ1n) is 6.33. The summed E-state index contributed by atoms with van der Waals surface area (Å²) in [4.78, 5) is 14.4. The number of rotatable bonds is 6. The predicted octanol–water partition coefficient (Wildman–Crippen LogP) is 2.84. The zero-order valence-corrected chi connectivity index (χ0v) is 12.4. The van der Waals surface area contributed by atoms with Gasteiger partial charge in [-0.3, -0.25) is 0 Å².